The lowest BCUT2D eigenvalue weighted by Crippen LogP contribution is -2.43. The largest absolute Gasteiger partial charge is 0.478 e. The summed E-state index contributed by atoms with van der Waals surface area (Å²) >= 11 is 0. The lowest BCUT2D eigenvalue weighted by atomic mass is 9.85. The molecule has 4 rings (SSSR count). The Morgan fingerprint density at radius 3 is 2.50 bits per heavy atom. The van der Waals surface area contributed by atoms with Gasteiger partial charge in [0.1, 0.15) is 11.3 Å². The number of alkyl halides is 6. The summed E-state index contributed by atoms with van der Waals surface area (Å²) in [5.74, 6) is -1.29. The zero-order chi connectivity index (χ0) is 23.5. The highest BCUT2D eigenvalue weighted by Crippen LogP contribution is 2.50. The number of nitrogens with zero attached hydrogens (tertiary/aromatic N) is 3. The number of hydrogen-bond acceptors (Lipinski definition) is 4. The third kappa shape index (κ3) is 3.35. The van der Waals surface area contributed by atoms with Crippen LogP contribution in [0.2, 0.25) is 0 Å². The van der Waals surface area contributed by atoms with Crippen LogP contribution in [0.15, 0.2) is 47.9 Å². The SMILES string of the molecule is Cc1cc(C(F)(F)F)cc(C2(C(F)(F)F)CC(c3ccc(C(=O)O)c4nccn34)=NO2)c1. The maximum absolute atomic E-state index is 14.2. The highest BCUT2D eigenvalue weighted by molar-refractivity contribution is 6.03. The predicted octanol–water partition coefficient (Wildman–Crippen LogP) is 4.94. The second-order valence-electron chi connectivity index (χ2n) is 7.27. The van der Waals surface area contributed by atoms with E-state index in [9.17, 15) is 36.2 Å². The van der Waals surface area contributed by atoms with Gasteiger partial charge in [-0.1, -0.05) is 16.8 Å². The number of carboxylic acid groups (broad SMARTS) is 1. The molecule has 0 radical (unpaired) electrons. The van der Waals surface area contributed by atoms with Crippen LogP contribution in [0.3, 0.4) is 0 Å². The summed E-state index contributed by atoms with van der Waals surface area (Å²) in [6.07, 6.45) is -8.29. The molecule has 168 valence electrons. The van der Waals surface area contributed by atoms with Crippen molar-refractivity contribution in [1.29, 1.82) is 0 Å². The fourth-order valence-corrected chi connectivity index (χ4v) is 3.64. The van der Waals surface area contributed by atoms with E-state index in [2.05, 4.69) is 10.1 Å². The van der Waals surface area contributed by atoms with Crippen LogP contribution in [-0.2, 0) is 16.6 Å². The summed E-state index contributed by atoms with van der Waals surface area (Å²) in [5, 5.41) is 12.8. The number of carbonyl (C=O) groups is 1. The monoisotopic (exact) mass is 457 g/mol. The number of benzene rings is 1. The number of imidazole rings is 1. The number of oxime groups is 1. The molecule has 6 nitrogen and oxygen atoms in total. The normalized spacial score (nSPS) is 19.2. The molecule has 1 aliphatic heterocycles. The van der Waals surface area contributed by atoms with Gasteiger partial charge >= 0.3 is 18.3 Å². The first-order valence-corrected chi connectivity index (χ1v) is 9.04. The summed E-state index contributed by atoms with van der Waals surface area (Å²) in [6, 6.07) is 4.51. The Bertz CT molecular complexity index is 1260. The van der Waals surface area contributed by atoms with E-state index < -0.39 is 41.5 Å². The average Bonchev–Trinajstić information content (AvgIpc) is 3.33. The Kier molecular flexibility index (Phi) is 4.72. The minimum absolute atomic E-state index is 0.0293. The number of aromatic carboxylic acids is 1. The third-order valence-corrected chi connectivity index (χ3v) is 5.13. The Morgan fingerprint density at radius 1 is 1.16 bits per heavy atom. The Balaban J connectivity index is 1.83. The van der Waals surface area contributed by atoms with Crippen molar-refractivity contribution in [2.45, 2.75) is 31.3 Å². The van der Waals surface area contributed by atoms with Crippen LogP contribution in [0.1, 0.15) is 39.2 Å². The van der Waals surface area contributed by atoms with Crippen LogP contribution in [0.25, 0.3) is 5.65 Å². The molecule has 3 aromatic rings. The van der Waals surface area contributed by atoms with Gasteiger partial charge in [-0.2, -0.15) is 26.3 Å². The van der Waals surface area contributed by atoms with Crippen LogP contribution in [0, 0.1) is 6.92 Å². The van der Waals surface area contributed by atoms with Crippen molar-refractivity contribution in [3.05, 3.63) is 70.7 Å². The molecule has 12 heteroatoms. The fraction of sp³-hybridized carbons (Fsp3) is 0.250. The minimum atomic E-state index is -5.11. The van der Waals surface area contributed by atoms with Gasteiger partial charge in [-0.05, 0) is 31.2 Å². The molecule has 1 aliphatic rings. The molecular weight excluding hydrogens is 444 g/mol. The van der Waals surface area contributed by atoms with Gasteiger partial charge < -0.3 is 9.94 Å². The average molecular weight is 457 g/mol. The molecule has 32 heavy (non-hydrogen) atoms. The highest BCUT2D eigenvalue weighted by atomic mass is 19.4. The molecule has 1 atom stereocenters. The number of halogens is 6. The first-order chi connectivity index (χ1) is 14.8. The molecule has 0 fully saturated rings. The highest BCUT2D eigenvalue weighted by Gasteiger charge is 2.62. The standard InChI is InChI=1S/C20H13F6N3O3/c1-10-6-11(8-12(7-10)19(21,22)23)18(20(24,25)26)9-14(28-32-18)15-3-2-13(17(30)31)16-27-4-5-29(15)16/h2-8H,9H2,1H3,(H,30,31). The van der Waals surface area contributed by atoms with Gasteiger partial charge in [0.2, 0.25) is 0 Å². The molecule has 1 unspecified atom stereocenters. The number of rotatable bonds is 3. The summed E-state index contributed by atoms with van der Waals surface area (Å²) in [7, 11) is 0. The second-order valence-corrected chi connectivity index (χ2v) is 7.27. The minimum Gasteiger partial charge on any atom is -0.478 e. The summed E-state index contributed by atoms with van der Waals surface area (Å²) in [4.78, 5) is 20.1. The van der Waals surface area contributed by atoms with E-state index in [0.29, 0.717) is 6.07 Å². The van der Waals surface area contributed by atoms with E-state index >= 15 is 0 Å². The van der Waals surface area contributed by atoms with E-state index in [0.717, 1.165) is 18.2 Å². The Labute approximate surface area is 175 Å². The van der Waals surface area contributed by atoms with Crippen LogP contribution in [0.5, 0.6) is 0 Å². The molecule has 0 amide bonds. The van der Waals surface area contributed by atoms with Crippen molar-refractivity contribution >= 4 is 17.3 Å². The van der Waals surface area contributed by atoms with E-state index in [-0.39, 0.29) is 28.2 Å². The zero-order valence-electron chi connectivity index (χ0n) is 16.1. The van der Waals surface area contributed by atoms with E-state index in [4.69, 9.17) is 4.84 Å². The summed E-state index contributed by atoms with van der Waals surface area (Å²) < 4.78 is 83.5. The van der Waals surface area contributed by atoms with Crippen LogP contribution in [0.4, 0.5) is 26.3 Å². The predicted molar refractivity (Wildman–Crippen MR) is 98.3 cm³/mol. The van der Waals surface area contributed by atoms with Crippen molar-refractivity contribution in [2.24, 2.45) is 5.16 Å². The van der Waals surface area contributed by atoms with E-state index in [1.165, 1.54) is 29.8 Å². The summed E-state index contributed by atoms with van der Waals surface area (Å²) in [5.41, 5.74) is -5.53. The summed E-state index contributed by atoms with van der Waals surface area (Å²) in [6.45, 7) is 1.25. The van der Waals surface area contributed by atoms with Crippen LogP contribution < -0.4 is 0 Å². The van der Waals surface area contributed by atoms with Gasteiger partial charge in [0.25, 0.3) is 5.60 Å². The molecule has 1 N–H and O–H groups in total. The molecule has 0 aliphatic carbocycles. The molecule has 3 heterocycles. The van der Waals surface area contributed by atoms with Gasteiger partial charge in [-0.25, -0.2) is 9.78 Å². The first kappa shape index (κ1) is 21.7. The van der Waals surface area contributed by atoms with Crippen molar-refractivity contribution in [3.63, 3.8) is 0 Å². The van der Waals surface area contributed by atoms with Crippen molar-refractivity contribution in [1.82, 2.24) is 9.38 Å². The number of hydrogen-bond donors (Lipinski definition) is 1. The third-order valence-electron chi connectivity index (χ3n) is 5.13. The van der Waals surface area contributed by atoms with Gasteiger partial charge in [-0.15, -0.1) is 0 Å². The van der Waals surface area contributed by atoms with Gasteiger partial charge in [0.05, 0.1) is 17.7 Å². The van der Waals surface area contributed by atoms with Gasteiger partial charge in [-0.3, -0.25) is 4.40 Å². The number of aromatic nitrogens is 2. The molecule has 0 spiro atoms. The number of fused-ring (bicyclic) bond motifs is 1. The van der Waals surface area contributed by atoms with Crippen molar-refractivity contribution < 1.29 is 41.1 Å². The lowest BCUT2D eigenvalue weighted by Gasteiger charge is -2.30. The lowest BCUT2D eigenvalue weighted by molar-refractivity contribution is -0.276. The van der Waals surface area contributed by atoms with E-state index in [1.807, 2.05) is 0 Å². The molecule has 0 saturated carbocycles. The fourth-order valence-electron chi connectivity index (χ4n) is 3.64. The van der Waals surface area contributed by atoms with Crippen molar-refractivity contribution in [2.75, 3.05) is 0 Å². The van der Waals surface area contributed by atoms with Crippen molar-refractivity contribution in [3.8, 4) is 0 Å². The van der Waals surface area contributed by atoms with Crippen LogP contribution >= 0.6 is 0 Å². The van der Waals surface area contributed by atoms with E-state index in [1.54, 1.807) is 0 Å². The number of carboxylic acids is 1. The number of pyridine rings is 1. The molecule has 2 aromatic heterocycles. The Morgan fingerprint density at radius 2 is 1.88 bits per heavy atom. The molecule has 1 aromatic carbocycles. The van der Waals surface area contributed by atoms with Gasteiger partial charge in [0, 0.05) is 18.0 Å². The Hall–Kier alpha value is -3.57. The van der Waals surface area contributed by atoms with Crippen LogP contribution in [-0.4, -0.2) is 32.3 Å². The molecule has 0 bridgehead atoms. The number of aryl methyl sites for hydroxylation is 1. The quantitative estimate of drug-likeness (QED) is 0.566. The van der Waals surface area contributed by atoms with Gasteiger partial charge in [0.15, 0.2) is 5.65 Å². The zero-order valence-corrected chi connectivity index (χ0v) is 16.1. The first-order valence-electron chi connectivity index (χ1n) is 9.04. The second kappa shape index (κ2) is 6.97. The smallest absolute Gasteiger partial charge is 0.435 e. The maximum atomic E-state index is 14.2. The molecular formula is C20H13F6N3O3. The maximum Gasteiger partial charge on any atom is 0.435 e. The topological polar surface area (TPSA) is 76.2 Å². The molecule has 0 saturated heterocycles.